The van der Waals surface area contributed by atoms with Crippen LogP contribution in [-0.4, -0.2) is 0 Å². The van der Waals surface area contributed by atoms with E-state index in [0.717, 1.165) is 11.1 Å². The van der Waals surface area contributed by atoms with Gasteiger partial charge in [0.1, 0.15) is 12.5 Å². The van der Waals surface area contributed by atoms with E-state index in [1.165, 1.54) is 0 Å². The Kier molecular flexibility index (Phi) is 1.71. The molecular formula is C10H6O2. The largest absolute Gasteiger partial charge is 0.471 e. The van der Waals surface area contributed by atoms with Gasteiger partial charge in [0.05, 0.1) is 23.7 Å². The number of furan rings is 2. The first-order valence-electron chi connectivity index (χ1n) is 3.51. The van der Waals surface area contributed by atoms with Gasteiger partial charge in [0, 0.05) is 0 Å². The van der Waals surface area contributed by atoms with Gasteiger partial charge in [0.2, 0.25) is 0 Å². The van der Waals surface area contributed by atoms with Crippen molar-refractivity contribution in [1.82, 2.24) is 0 Å². The number of rotatable bonds is 0. The zero-order valence-corrected chi connectivity index (χ0v) is 6.28. The Balaban J connectivity index is 2.22. The molecule has 0 bridgehead atoms. The third kappa shape index (κ3) is 1.40. The Morgan fingerprint density at radius 1 is 0.833 bits per heavy atom. The molecule has 0 saturated carbocycles. The normalized spacial score (nSPS) is 9.00. The van der Waals surface area contributed by atoms with Crippen molar-refractivity contribution in [2.45, 2.75) is 0 Å². The van der Waals surface area contributed by atoms with E-state index in [2.05, 4.69) is 11.8 Å². The van der Waals surface area contributed by atoms with Crippen LogP contribution in [0.2, 0.25) is 0 Å². The van der Waals surface area contributed by atoms with E-state index in [4.69, 9.17) is 8.83 Å². The van der Waals surface area contributed by atoms with Crippen molar-refractivity contribution in [3.8, 4) is 11.8 Å². The molecule has 2 rings (SSSR count). The van der Waals surface area contributed by atoms with Crippen LogP contribution < -0.4 is 0 Å². The molecule has 0 unspecified atom stereocenters. The Morgan fingerprint density at radius 3 is 1.67 bits per heavy atom. The summed E-state index contributed by atoms with van der Waals surface area (Å²) in [6, 6.07) is 3.63. The summed E-state index contributed by atoms with van der Waals surface area (Å²) in [5.74, 6) is 5.85. The van der Waals surface area contributed by atoms with Crippen molar-refractivity contribution in [1.29, 1.82) is 0 Å². The zero-order chi connectivity index (χ0) is 8.23. The fourth-order valence-electron chi connectivity index (χ4n) is 0.816. The predicted octanol–water partition coefficient (Wildman–Crippen LogP) is 2.27. The summed E-state index contributed by atoms with van der Waals surface area (Å²) in [4.78, 5) is 0. The maximum Gasteiger partial charge on any atom is 0.106 e. The summed E-state index contributed by atoms with van der Waals surface area (Å²) >= 11 is 0. The number of hydrogen-bond acceptors (Lipinski definition) is 2. The third-order valence-electron chi connectivity index (χ3n) is 1.39. The Morgan fingerprint density at radius 2 is 1.33 bits per heavy atom. The SMILES string of the molecule is C(#Cc1ccoc1)c1ccoc1. The Labute approximate surface area is 69.8 Å². The summed E-state index contributed by atoms with van der Waals surface area (Å²) in [7, 11) is 0. The molecule has 0 radical (unpaired) electrons. The second-order valence-electron chi connectivity index (χ2n) is 2.27. The molecule has 2 aromatic rings. The van der Waals surface area contributed by atoms with Crippen molar-refractivity contribution in [2.24, 2.45) is 0 Å². The molecule has 0 aliphatic rings. The van der Waals surface area contributed by atoms with Crippen LogP contribution in [0.5, 0.6) is 0 Å². The highest BCUT2D eigenvalue weighted by atomic mass is 16.3. The van der Waals surface area contributed by atoms with E-state index in [1.54, 1.807) is 25.1 Å². The molecule has 0 N–H and O–H groups in total. The molecule has 0 spiro atoms. The van der Waals surface area contributed by atoms with Crippen LogP contribution >= 0.6 is 0 Å². The summed E-state index contributed by atoms with van der Waals surface area (Å²) in [6.07, 6.45) is 6.40. The zero-order valence-electron chi connectivity index (χ0n) is 6.28. The first kappa shape index (κ1) is 6.81. The highest BCUT2D eigenvalue weighted by Gasteiger charge is 1.87. The smallest absolute Gasteiger partial charge is 0.106 e. The van der Waals surface area contributed by atoms with Gasteiger partial charge in [-0.1, -0.05) is 11.8 Å². The van der Waals surface area contributed by atoms with Gasteiger partial charge in [-0.3, -0.25) is 0 Å². The maximum absolute atomic E-state index is 4.86. The molecular weight excluding hydrogens is 152 g/mol. The van der Waals surface area contributed by atoms with Crippen LogP contribution in [0.25, 0.3) is 0 Å². The molecule has 0 saturated heterocycles. The molecule has 0 fully saturated rings. The van der Waals surface area contributed by atoms with Gasteiger partial charge in [-0.2, -0.15) is 0 Å². The van der Waals surface area contributed by atoms with Crippen LogP contribution in [0, 0.1) is 11.8 Å². The predicted molar refractivity (Wildman–Crippen MR) is 43.4 cm³/mol. The Bertz CT molecular complexity index is 346. The third-order valence-corrected chi connectivity index (χ3v) is 1.39. The van der Waals surface area contributed by atoms with Crippen molar-refractivity contribution in [2.75, 3.05) is 0 Å². The van der Waals surface area contributed by atoms with Crippen molar-refractivity contribution in [3.05, 3.63) is 48.3 Å². The topological polar surface area (TPSA) is 26.3 Å². The second kappa shape index (κ2) is 3.02. The molecule has 0 amide bonds. The van der Waals surface area contributed by atoms with E-state index in [-0.39, 0.29) is 0 Å². The Hall–Kier alpha value is -1.88. The molecule has 0 aromatic carbocycles. The molecule has 12 heavy (non-hydrogen) atoms. The average Bonchev–Trinajstić information content (AvgIpc) is 2.74. The lowest BCUT2D eigenvalue weighted by Crippen LogP contribution is -1.65. The summed E-state index contributed by atoms with van der Waals surface area (Å²) in [5.41, 5.74) is 1.74. The van der Waals surface area contributed by atoms with E-state index >= 15 is 0 Å². The first-order chi connectivity index (χ1) is 5.95. The minimum Gasteiger partial charge on any atom is -0.471 e. The highest BCUT2D eigenvalue weighted by Crippen LogP contribution is 1.99. The fourth-order valence-corrected chi connectivity index (χ4v) is 0.816. The molecule has 0 aliphatic carbocycles. The number of hydrogen-bond donors (Lipinski definition) is 0. The summed E-state index contributed by atoms with van der Waals surface area (Å²) in [5, 5.41) is 0. The van der Waals surface area contributed by atoms with Gasteiger partial charge in [0.15, 0.2) is 0 Å². The average molecular weight is 158 g/mol. The molecule has 58 valence electrons. The lowest BCUT2D eigenvalue weighted by atomic mass is 10.3. The van der Waals surface area contributed by atoms with Gasteiger partial charge >= 0.3 is 0 Å². The summed E-state index contributed by atoms with van der Waals surface area (Å²) in [6.45, 7) is 0. The van der Waals surface area contributed by atoms with Crippen LogP contribution in [0.3, 0.4) is 0 Å². The maximum atomic E-state index is 4.86. The minimum atomic E-state index is 0.871. The van der Waals surface area contributed by atoms with Crippen molar-refractivity contribution < 1.29 is 8.83 Å². The standard InChI is InChI=1S/C10H6O2/c1(9-3-5-11-7-9)2-10-4-6-12-8-10/h3-8H. The van der Waals surface area contributed by atoms with E-state index < -0.39 is 0 Å². The molecule has 2 aromatic heterocycles. The fraction of sp³-hybridized carbons (Fsp3) is 0. The van der Waals surface area contributed by atoms with Gasteiger partial charge in [-0.05, 0) is 12.1 Å². The molecule has 0 atom stereocenters. The molecule has 2 heterocycles. The van der Waals surface area contributed by atoms with Crippen molar-refractivity contribution in [3.63, 3.8) is 0 Å². The van der Waals surface area contributed by atoms with E-state index in [0.29, 0.717) is 0 Å². The van der Waals surface area contributed by atoms with Crippen molar-refractivity contribution >= 4 is 0 Å². The van der Waals surface area contributed by atoms with Crippen LogP contribution in [0.4, 0.5) is 0 Å². The molecule has 2 nitrogen and oxygen atoms in total. The van der Waals surface area contributed by atoms with Gasteiger partial charge in [-0.15, -0.1) is 0 Å². The molecule has 0 aliphatic heterocycles. The molecule has 2 heteroatoms. The summed E-state index contributed by atoms with van der Waals surface area (Å²) < 4.78 is 9.72. The van der Waals surface area contributed by atoms with Crippen LogP contribution in [-0.2, 0) is 0 Å². The second-order valence-corrected chi connectivity index (χ2v) is 2.27. The van der Waals surface area contributed by atoms with Gasteiger partial charge in [0.25, 0.3) is 0 Å². The van der Waals surface area contributed by atoms with Crippen LogP contribution in [0.1, 0.15) is 11.1 Å². The first-order valence-corrected chi connectivity index (χ1v) is 3.51. The highest BCUT2D eigenvalue weighted by molar-refractivity contribution is 5.39. The monoisotopic (exact) mass is 158 g/mol. The minimum absolute atomic E-state index is 0.871. The van der Waals surface area contributed by atoms with E-state index in [1.807, 2.05) is 12.1 Å². The quantitative estimate of drug-likeness (QED) is 0.550. The van der Waals surface area contributed by atoms with Gasteiger partial charge in [-0.25, -0.2) is 0 Å². The van der Waals surface area contributed by atoms with Gasteiger partial charge < -0.3 is 8.83 Å². The van der Waals surface area contributed by atoms with Crippen LogP contribution in [0.15, 0.2) is 46.0 Å². The lowest BCUT2D eigenvalue weighted by molar-refractivity contribution is 0.566. The van der Waals surface area contributed by atoms with E-state index in [9.17, 15) is 0 Å². The lowest BCUT2D eigenvalue weighted by Gasteiger charge is -1.74.